The van der Waals surface area contributed by atoms with Crippen molar-refractivity contribution in [3.63, 3.8) is 0 Å². The lowest BCUT2D eigenvalue weighted by Gasteiger charge is -2.10. The number of rotatable bonds is 1. The molecular formula is C19H20O2. The molecule has 0 atom stereocenters. The van der Waals surface area contributed by atoms with Gasteiger partial charge in [0, 0.05) is 12.8 Å². The fourth-order valence-corrected chi connectivity index (χ4v) is 2.42. The molecule has 0 N–H and O–H groups in total. The van der Waals surface area contributed by atoms with Crippen molar-refractivity contribution in [3.05, 3.63) is 34.9 Å². The van der Waals surface area contributed by atoms with Crippen LogP contribution in [0.2, 0.25) is 0 Å². The van der Waals surface area contributed by atoms with Gasteiger partial charge in [0.1, 0.15) is 0 Å². The highest BCUT2D eigenvalue weighted by Gasteiger charge is 2.12. The Balaban J connectivity index is 2.23. The molecule has 21 heavy (non-hydrogen) atoms. The first-order valence-corrected chi connectivity index (χ1v) is 7.47. The molecule has 2 heteroatoms. The topological polar surface area (TPSA) is 26.3 Å². The van der Waals surface area contributed by atoms with Gasteiger partial charge in [0.05, 0.1) is 12.7 Å². The molecule has 2 bridgehead atoms. The van der Waals surface area contributed by atoms with Gasteiger partial charge in [-0.2, -0.15) is 0 Å². The first-order valence-electron chi connectivity index (χ1n) is 7.47. The Morgan fingerprint density at radius 1 is 1.05 bits per heavy atom. The third kappa shape index (κ3) is 4.69. The number of carbonyl (C=O) groups is 1. The van der Waals surface area contributed by atoms with E-state index in [0.717, 1.165) is 50.5 Å². The fourth-order valence-electron chi connectivity index (χ4n) is 2.42. The molecule has 0 aromatic heterocycles. The van der Waals surface area contributed by atoms with Gasteiger partial charge in [-0.3, -0.25) is 0 Å². The van der Waals surface area contributed by atoms with Gasteiger partial charge < -0.3 is 4.74 Å². The molecule has 3 rings (SSSR count). The van der Waals surface area contributed by atoms with Crippen LogP contribution in [0.25, 0.3) is 0 Å². The number of fused-ring (bicyclic) bond motifs is 10. The summed E-state index contributed by atoms with van der Waals surface area (Å²) in [5.41, 5.74) is 2.95. The van der Waals surface area contributed by atoms with Crippen molar-refractivity contribution in [2.45, 2.75) is 44.9 Å². The van der Waals surface area contributed by atoms with Gasteiger partial charge in [-0.1, -0.05) is 24.0 Å². The molecule has 0 fully saturated rings. The van der Waals surface area contributed by atoms with Crippen molar-refractivity contribution >= 4 is 5.97 Å². The van der Waals surface area contributed by atoms with Gasteiger partial charge in [0.25, 0.3) is 0 Å². The Morgan fingerprint density at radius 3 is 2.57 bits per heavy atom. The van der Waals surface area contributed by atoms with Crippen LogP contribution in [0.3, 0.4) is 0 Å². The predicted molar refractivity (Wildman–Crippen MR) is 83.8 cm³/mol. The molecule has 0 aliphatic heterocycles. The Kier molecular flexibility index (Phi) is 5.92. The maximum Gasteiger partial charge on any atom is 0.338 e. The van der Waals surface area contributed by atoms with Gasteiger partial charge >= 0.3 is 5.97 Å². The number of carbonyl (C=O) groups excluding carboxylic acids is 1. The molecule has 1 aromatic carbocycles. The Morgan fingerprint density at radius 2 is 1.81 bits per heavy atom. The molecular weight excluding hydrogens is 260 g/mol. The van der Waals surface area contributed by atoms with E-state index in [1.807, 2.05) is 6.07 Å². The lowest BCUT2D eigenvalue weighted by Crippen LogP contribution is -2.07. The zero-order valence-corrected chi connectivity index (χ0v) is 12.5. The molecule has 2 nitrogen and oxygen atoms in total. The Bertz CT molecular complexity index is 620. The molecule has 2 aliphatic carbocycles. The molecule has 0 amide bonds. The number of esters is 1. The molecule has 0 radical (unpaired) electrons. The van der Waals surface area contributed by atoms with E-state index < -0.39 is 0 Å². The molecule has 0 spiro atoms. The normalized spacial score (nSPS) is 14.7. The summed E-state index contributed by atoms with van der Waals surface area (Å²) in [5.74, 6) is 11.7. The second kappa shape index (κ2) is 8.18. The summed E-state index contributed by atoms with van der Waals surface area (Å²) in [4.78, 5) is 11.9. The SMILES string of the molecule is COC(=O)c1cc2ccc1CCCCC#CC#CCCC2. The molecule has 0 heterocycles. The highest BCUT2D eigenvalue weighted by molar-refractivity contribution is 5.91. The van der Waals surface area contributed by atoms with Crippen LogP contribution in [-0.4, -0.2) is 13.1 Å². The minimum Gasteiger partial charge on any atom is -0.465 e. The number of hydrogen-bond donors (Lipinski definition) is 0. The second-order valence-electron chi connectivity index (χ2n) is 5.15. The van der Waals surface area contributed by atoms with Crippen molar-refractivity contribution in [2.75, 3.05) is 7.11 Å². The summed E-state index contributed by atoms with van der Waals surface area (Å²) >= 11 is 0. The average molecular weight is 280 g/mol. The maximum absolute atomic E-state index is 11.9. The van der Waals surface area contributed by atoms with Crippen molar-refractivity contribution < 1.29 is 9.53 Å². The molecule has 108 valence electrons. The Labute approximate surface area is 126 Å². The van der Waals surface area contributed by atoms with Gasteiger partial charge in [0.15, 0.2) is 0 Å². The van der Waals surface area contributed by atoms with Gasteiger partial charge in [-0.15, -0.1) is 0 Å². The number of benzene rings is 1. The smallest absolute Gasteiger partial charge is 0.338 e. The fraction of sp³-hybridized carbons (Fsp3) is 0.421. The van der Waals surface area contributed by atoms with E-state index in [4.69, 9.17) is 4.74 Å². The van der Waals surface area contributed by atoms with E-state index in [0.29, 0.717) is 5.56 Å². The molecule has 2 aliphatic rings. The third-order valence-electron chi connectivity index (χ3n) is 3.58. The average Bonchev–Trinajstić information content (AvgIpc) is 2.53. The van der Waals surface area contributed by atoms with Gasteiger partial charge in [-0.25, -0.2) is 4.79 Å². The first kappa shape index (κ1) is 15.2. The summed E-state index contributed by atoms with van der Waals surface area (Å²) in [5, 5.41) is 0. The largest absolute Gasteiger partial charge is 0.465 e. The van der Waals surface area contributed by atoms with E-state index in [9.17, 15) is 4.79 Å². The summed E-state index contributed by atoms with van der Waals surface area (Å²) < 4.78 is 4.91. The van der Waals surface area contributed by atoms with E-state index in [-0.39, 0.29) is 5.97 Å². The number of ether oxygens (including phenoxy) is 1. The van der Waals surface area contributed by atoms with Crippen molar-refractivity contribution in [1.29, 1.82) is 0 Å². The molecule has 1 aromatic rings. The number of methoxy groups -OCH3 is 1. The predicted octanol–water partition coefficient (Wildman–Crippen LogP) is 3.53. The Hall–Kier alpha value is -2.19. The van der Waals surface area contributed by atoms with Crippen LogP contribution in [0.5, 0.6) is 0 Å². The van der Waals surface area contributed by atoms with Crippen LogP contribution in [0.15, 0.2) is 18.2 Å². The van der Waals surface area contributed by atoms with Crippen molar-refractivity contribution in [1.82, 2.24) is 0 Å². The number of aryl methyl sites for hydroxylation is 2. The lowest BCUT2D eigenvalue weighted by atomic mass is 9.97. The van der Waals surface area contributed by atoms with Crippen LogP contribution < -0.4 is 0 Å². The quantitative estimate of drug-likeness (QED) is 0.581. The maximum atomic E-state index is 11.9. The summed E-state index contributed by atoms with van der Waals surface area (Å²) in [6, 6.07) is 6.16. The number of hydrogen-bond acceptors (Lipinski definition) is 2. The lowest BCUT2D eigenvalue weighted by molar-refractivity contribution is 0.0599. The zero-order chi connectivity index (χ0) is 14.9. The standard InChI is InChI=1S/C19H20O2/c1-21-19(20)18-15-16-11-9-7-5-3-2-4-6-8-10-12-17(18)14-13-16/h13-15H,6-12H2,1H3. The summed E-state index contributed by atoms with van der Waals surface area (Å²) in [6.07, 6.45) is 6.53. The van der Waals surface area contributed by atoms with Crippen molar-refractivity contribution in [3.8, 4) is 23.7 Å². The van der Waals surface area contributed by atoms with E-state index >= 15 is 0 Å². The zero-order valence-electron chi connectivity index (χ0n) is 12.5. The van der Waals surface area contributed by atoms with Gasteiger partial charge in [-0.05, 0) is 61.1 Å². The highest BCUT2D eigenvalue weighted by atomic mass is 16.5. The second-order valence-corrected chi connectivity index (χ2v) is 5.15. The third-order valence-corrected chi connectivity index (χ3v) is 3.58. The van der Waals surface area contributed by atoms with E-state index in [2.05, 4.69) is 35.8 Å². The monoisotopic (exact) mass is 280 g/mol. The van der Waals surface area contributed by atoms with Crippen molar-refractivity contribution in [2.24, 2.45) is 0 Å². The summed E-state index contributed by atoms with van der Waals surface area (Å²) in [6.45, 7) is 0. The minimum atomic E-state index is -0.240. The summed E-state index contributed by atoms with van der Waals surface area (Å²) in [7, 11) is 1.44. The van der Waals surface area contributed by atoms with E-state index in [1.54, 1.807) is 0 Å². The van der Waals surface area contributed by atoms with E-state index in [1.165, 1.54) is 12.7 Å². The van der Waals surface area contributed by atoms with Crippen LogP contribution >= 0.6 is 0 Å². The molecule has 0 saturated heterocycles. The van der Waals surface area contributed by atoms with Gasteiger partial charge in [0.2, 0.25) is 0 Å². The molecule has 0 saturated carbocycles. The van der Waals surface area contributed by atoms with Crippen LogP contribution in [0, 0.1) is 23.7 Å². The minimum absolute atomic E-state index is 0.240. The van der Waals surface area contributed by atoms with Crippen LogP contribution in [0.4, 0.5) is 0 Å². The van der Waals surface area contributed by atoms with Crippen LogP contribution in [-0.2, 0) is 17.6 Å². The highest BCUT2D eigenvalue weighted by Crippen LogP contribution is 2.18. The first-order chi connectivity index (χ1) is 10.3. The van der Waals surface area contributed by atoms with Crippen LogP contribution in [0.1, 0.15) is 53.6 Å². The molecule has 0 unspecified atom stereocenters.